The van der Waals surface area contributed by atoms with E-state index in [-0.39, 0.29) is 0 Å². The van der Waals surface area contributed by atoms with Gasteiger partial charge in [0.05, 0.1) is 0 Å². The Balaban J connectivity index is 1.55. The minimum atomic E-state index is 0.813. The number of thiophene rings is 1. The third kappa shape index (κ3) is 4.04. The molecule has 0 unspecified atom stereocenters. The molecule has 3 rings (SSSR count). The molecule has 2 aliphatic rings. The molecule has 106 valence electrons. The molecular weight excluding hydrogens is 252 g/mol. The van der Waals surface area contributed by atoms with Gasteiger partial charge >= 0.3 is 0 Å². The summed E-state index contributed by atoms with van der Waals surface area (Å²) in [5.41, 5.74) is 1.56. The molecule has 1 aromatic heterocycles. The molecule has 2 fully saturated rings. The van der Waals surface area contributed by atoms with Gasteiger partial charge in [-0.05, 0) is 56.7 Å². The van der Waals surface area contributed by atoms with Crippen molar-refractivity contribution in [3.8, 4) is 0 Å². The van der Waals surface area contributed by atoms with Gasteiger partial charge in [0.25, 0.3) is 0 Å². The summed E-state index contributed by atoms with van der Waals surface area (Å²) in [7, 11) is 0. The van der Waals surface area contributed by atoms with E-state index in [0.29, 0.717) is 0 Å². The van der Waals surface area contributed by atoms with E-state index < -0.39 is 0 Å². The molecule has 0 atom stereocenters. The summed E-state index contributed by atoms with van der Waals surface area (Å²) in [5.74, 6) is 0.995. The van der Waals surface area contributed by atoms with Crippen molar-refractivity contribution in [3.05, 3.63) is 21.4 Å². The highest BCUT2D eigenvalue weighted by Crippen LogP contribution is 2.31. The quantitative estimate of drug-likeness (QED) is 0.782. The monoisotopic (exact) mass is 278 g/mol. The lowest BCUT2D eigenvalue weighted by Gasteiger charge is -2.19. The van der Waals surface area contributed by atoms with Crippen molar-refractivity contribution in [2.75, 3.05) is 13.1 Å². The Morgan fingerprint density at radius 1 is 1.32 bits per heavy atom. The molecule has 2 aliphatic carbocycles. The number of rotatable bonds is 8. The van der Waals surface area contributed by atoms with Crippen molar-refractivity contribution >= 4 is 11.3 Å². The first-order chi connectivity index (χ1) is 9.24. The SMILES string of the molecule is CCN(Cc1cc(CNC2CC2)sc1C)CC1CC1. The molecule has 0 radical (unpaired) electrons. The van der Waals surface area contributed by atoms with Gasteiger partial charge in [-0.1, -0.05) is 6.92 Å². The molecule has 3 heteroatoms. The predicted octanol–water partition coefficient (Wildman–Crippen LogP) is 3.54. The van der Waals surface area contributed by atoms with Crippen LogP contribution in [0, 0.1) is 12.8 Å². The molecule has 1 aromatic rings. The highest BCUT2D eigenvalue weighted by atomic mass is 32.1. The maximum atomic E-state index is 3.62. The fraction of sp³-hybridized carbons (Fsp3) is 0.750. The topological polar surface area (TPSA) is 15.3 Å². The summed E-state index contributed by atoms with van der Waals surface area (Å²) in [6, 6.07) is 3.25. The van der Waals surface area contributed by atoms with Crippen molar-refractivity contribution in [2.24, 2.45) is 5.92 Å². The molecule has 1 heterocycles. The van der Waals surface area contributed by atoms with Crippen molar-refractivity contribution in [2.45, 2.75) is 58.7 Å². The Morgan fingerprint density at radius 2 is 2.11 bits per heavy atom. The third-order valence-corrected chi connectivity index (χ3v) is 5.36. The zero-order valence-corrected chi connectivity index (χ0v) is 13.1. The molecule has 0 aliphatic heterocycles. The van der Waals surface area contributed by atoms with Crippen LogP contribution in [0.15, 0.2) is 6.07 Å². The number of aryl methyl sites for hydroxylation is 1. The van der Waals surface area contributed by atoms with E-state index in [0.717, 1.165) is 25.0 Å². The van der Waals surface area contributed by atoms with Crippen molar-refractivity contribution < 1.29 is 0 Å². The predicted molar refractivity (Wildman–Crippen MR) is 82.6 cm³/mol. The molecule has 0 spiro atoms. The summed E-state index contributed by atoms with van der Waals surface area (Å²) in [6.07, 6.45) is 5.66. The van der Waals surface area contributed by atoms with Crippen LogP contribution >= 0.6 is 11.3 Å². The van der Waals surface area contributed by atoms with Crippen LogP contribution in [0.5, 0.6) is 0 Å². The van der Waals surface area contributed by atoms with Crippen LogP contribution in [0.4, 0.5) is 0 Å². The zero-order valence-electron chi connectivity index (χ0n) is 12.2. The maximum Gasteiger partial charge on any atom is 0.0302 e. The molecule has 19 heavy (non-hydrogen) atoms. The van der Waals surface area contributed by atoms with Crippen LogP contribution in [0.25, 0.3) is 0 Å². The van der Waals surface area contributed by atoms with Gasteiger partial charge in [0.2, 0.25) is 0 Å². The summed E-state index contributed by atoms with van der Waals surface area (Å²) in [6.45, 7) is 9.29. The molecule has 0 saturated heterocycles. The minimum Gasteiger partial charge on any atom is -0.309 e. The number of hydrogen-bond donors (Lipinski definition) is 1. The van der Waals surface area contributed by atoms with Crippen LogP contribution in [0.3, 0.4) is 0 Å². The molecule has 0 aromatic carbocycles. The lowest BCUT2D eigenvalue weighted by Crippen LogP contribution is -2.25. The highest BCUT2D eigenvalue weighted by molar-refractivity contribution is 7.12. The maximum absolute atomic E-state index is 3.62. The van der Waals surface area contributed by atoms with E-state index in [4.69, 9.17) is 0 Å². The second-order valence-electron chi connectivity index (χ2n) is 6.22. The fourth-order valence-electron chi connectivity index (χ4n) is 2.58. The molecule has 2 nitrogen and oxygen atoms in total. The minimum absolute atomic E-state index is 0.813. The van der Waals surface area contributed by atoms with Crippen LogP contribution in [-0.4, -0.2) is 24.0 Å². The fourth-order valence-corrected chi connectivity index (χ4v) is 3.58. The Bertz CT molecular complexity index is 418. The molecule has 0 bridgehead atoms. The van der Waals surface area contributed by atoms with Crippen LogP contribution in [0.2, 0.25) is 0 Å². The van der Waals surface area contributed by atoms with Crippen molar-refractivity contribution in [1.29, 1.82) is 0 Å². The first-order valence-corrected chi connectivity index (χ1v) is 8.60. The molecule has 0 amide bonds. The van der Waals surface area contributed by atoms with E-state index in [1.807, 2.05) is 11.3 Å². The second kappa shape index (κ2) is 5.94. The lowest BCUT2D eigenvalue weighted by atomic mass is 10.2. The molecule has 2 saturated carbocycles. The van der Waals surface area contributed by atoms with Gasteiger partial charge in [-0.25, -0.2) is 0 Å². The normalized spacial score (nSPS) is 19.3. The first-order valence-electron chi connectivity index (χ1n) is 7.78. The summed E-state index contributed by atoms with van der Waals surface area (Å²) >= 11 is 1.98. The van der Waals surface area contributed by atoms with Crippen molar-refractivity contribution in [1.82, 2.24) is 10.2 Å². The second-order valence-corrected chi connectivity index (χ2v) is 7.56. The lowest BCUT2D eigenvalue weighted by molar-refractivity contribution is 0.268. The third-order valence-electron chi connectivity index (χ3n) is 4.27. The van der Waals surface area contributed by atoms with Gasteiger partial charge in [0.15, 0.2) is 0 Å². The van der Waals surface area contributed by atoms with Crippen molar-refractivity contribution in [3.63, 3.8) is 0 Å². The van der Waals surface area contributed by atoms with E-state index in [1.54, 1.807) is 5.56 Å². The Morgan fingerprint density at radius 3 is 2.74 bits per heavy atom. The Labute approximate surface area is 121 Å². The van der Waals surface area contributed by atoms with Crippen LogP contribution in [-0.2, 0) is 13.1 Å². The van der Waals surface area contributed by atoms with Gasteiger partial charge in [-0.15, -0.1) is 11.3 Å². The summed E-state index contributed by atoms with van der Waals surface area (Å²) < 4.78 is 0. The first kappa shape index (κ1) is 13.6. The largest absolute Gasteiger partial charge is 0.309 e. The number of nitrogens with zero attached hydrogens (tertiary/aromatic N) is 1. The van der Waals surface area contributed by atoms with Gasteiger partial charge in [0, 0.05) is 35.4 Å². The molecular formula is C16H26N2S. The van der Waals surface area contributed by atoms with Crippen LogP contribution in [0.1, 0.15) is 47.9 Å². The van der Waals surface area contributed by atoms with Gasteiger partial charge in [-0.3, -0.25) is 4.90 Å². The Kier molecular flexibility index (Phi) is 4.25. The Hall–Kier alpha value is -0.380. The van der Waals surface area contributed by atoms with E-state index in [2.05, 4.69) is 30.1 Å². The van der Waals surface area contributed by atoms with E-state index in [9.17, 15) is 0 Å². The van der Waals surface area contributed by atoms with Crippen LogP contribution < -0.4 is 5.32 Å². The number of hydrogen-bond acceptors (Lipinski definition) is 3. The zero-order chi connectivity index (χ0) is 13.2. The summed E-state index contributed by atoms with van der Waals surface area (Å²) in [4.78, 5) is 5.65. The standard InChI is InChI=1S/C16H26N2S/c1-3-18(10-13-4-5-13)11-14-8-16(19-12(14)2)9-17-15-6-7-15/h8,13,15,17H,3-7,9-11H2,1-2H3. The van der Waals surface area contributed by atoms with Gasteiger partial charge in [0.1, 0.15) is 0 Å². The summed E-state index contributed by atoms with van der Waals surface area (Å²) in [5, 5.41) is 3.62. The van der Waals surface area contributed by atoms with E-state index in [1.165, 1.54) is 48.5 Å². The number of nitrogens with one attached hydrogen (secondary N) is 1. The average molecular weight is 278 g/mol. The molecule has 1 N–H and O–H groups in total. The van der Waals surface area contributed by atoms with Gasteiger partial charge < -0.3 is 5.32 Å². The van der Waals surface area contributed by atoms with Gasteiger partial charge in [-0.2, -0.15) is 0 Å². The highest BCUT2D eigenvalue weighted by Gasteiger charge is 2.24. The van der Waals surface area contributed by atoms with E-state index >= 15 is 0 Å². The smallest absolute Gasteiger partial charge is 0.0302 e. The average Bonchev–Trinajstić information content (AvgIpc) is 3.29.